The number of anilines is 1. The highest BCUT2D eigenvalue weighted by atomic mass is 19.1. The summed E-state index contributed by atoms with van der Waals surface area (Å²) in [5, 5.41) is 0.368. The van der Waals surface area contributed by atoms with Crippen LogP contribution in [0, 0.1) is 18.3 Å². The summed E-state index contributed by atoms with van der Waals surface area (Å²) in [5.74, 6) is -1.10. The molecule has 1 aromatic carbocycles. The van der Waals surface area contributed by atoms with E-state index in [0.717, 1.165) is 37.8 Å². The first-order chi connectivity index (χ1) is 22.3. The van der Waals surface area contributed by atoms with Gasteiger partial charge in [-0.25, -0.2) is 19.7 Å². The minimum absolute atomic E-state index is 0.0278. The Morgan fingerprint density at radius 2 is 2.09 bits per heavy atom. The molecular formula is C34H34F3N7O2. The molecule has 5 heterocycles. The molecule has 3 saturated heterocycles. The highest BCUT2D eigenvalue weighted by molar-refractivity contribution is 5.93. The van der Waals surface area contributed by atoms with E-state index in [9.17, 15) is 13.6 Å². The first kappa shape index (κ1) is 29.2. The number of fused-ring (bicyclic) bond motifs is 5. The molecule has 4 fully saturated rings. The Bertz CT molecular complexity index is 1810. The predicted molar refractivity (Wildman–Crippen MR) is 165 cm³/mol. The molecular weight excluding hydrogens is 595 g/mol. The largest absolute Gasteiger partial charge is 0.461 e. The van der Waals surface area contributed by atoms with E-state index >= 15 is 4.39 Å². The van der Waals surface area contributed by atoms with Gasteiger partial charge in [0.25, 0.3) is 5.91 Å². The third-order valence-corrected chi connectivity index (χ3v) is 10.7. The van der Waals surface area contributed by atoms with Crippen molar-refractivity contribution in [1.29, 1.82) is 0 Å². The molecule has 2 aromatic heterocycles. The summed E-state index contributed by atoms with van der Waals surface area (Å²) in [6.45, 7) is 12.4. The molecule has 8 rings (SSSR count). The van der Waals surface area contributed by atoms with Crippen LogP contribution in [0.3, 0.4) is 0 Å². The third kappa shape index (κ3) is 4.70. The average Bonchev–Trinajstić information content (AvgIpc) is 3.37. The van der Waals surface area contributed by atoms with E-state index in [1.54, 1.807) is 6.20 Å². The van der Waals surface area contributed by atoms with Crippen molar-refractivity contribution in [3.63, 3.8) is 0 Å². The molecule has 1 saturated carbocycles. The quantitative estimate of drug-likeness (QED) is 0.273. The Balaban J connectivity index is 1.20. The van der Waals surface area contributed by atoms with E-state index in [1.165, 1.54) is 16.0 Å². The number of hydrogen-bond donors (Lipinski definition) is 0. The van der Waals surface area contributed by atoms with Gasteiger partial charge in [0.05, 0.1) is 10.9 Å². The minimum Gasteiger partial charge on any atom is -0.461 e. The number of ether oxygens (including phenoxy) is 1. The zero-order valence-corrected chi connectivity index (χ0v) is 25.4. The van der Waals surface area contributed by atoms with Crippen molar-refractivity contribution in [3.8, 4) is 17.3 Å². The van der Waals surface area contributed by atoms with Crippen LogP contribution in [-0.2, 0) is 11.2 Å². The maximum atomic E-state index is 16.7. The maximum absolute atomic E-state index is 16.7. The van der Waals surface area contributed by atoms with Gasteiger partial charge >= 0.3 is 6.01 Å². The first-order valence-electron chi connectivity index (χ1n) is 16.0. The van der Waals surface area contributed by atoms with Gasteiger partial charge in [0, 0.05) is 44.4 Å². The second kappa shape index (κ2) is 10.9. The highest BCUT2D eigenvalue weighted by Gasteiger charge is 2.50. The molecule has 238 valence electrons. The van der Waals surface area contributed by atoms with Crippen molar-refractivity contribution in [3.05, 3.63) is 65.2 Å². The Morgan fingerprint density at radius 3 is 2.91 bits per heavy atom. The van der Waals surface area contributed by atoms with Crippen molar-refractivity contribution in [2.75, 3.05) is 50.8 Å². The fraction of sp³-hybridized carbons (Fsp3) is 0.500. The predicted octanol–water partition coefficient (Wildman–Crippen LogP) is 4.87. The van der Waals surface area contributed by atoms with E-state index in [4.69, 9.17) is 16.3 Å². The van der Waals surface area contributed by atoms with E-state index < -0.39 is 35.3 Å². The fourth-order valence-electron chi connectivity index (χ4n) is 8.44. The molecule has 0 N–H and O–H groups in total. The lowest BCUT2D eigenvalue weighted by Gasteiger charge is -2.39. The van der Waals surface area contributed by atoms with Crippen molar-refractivity contribution in [2.24, 2.45) is 5.92 Å². The molecule has 9 nitrogen and oxygen atoms in total. The third-order valence-electron chi connectivity index (χ3n) is 10.7. The number of carbonyl (C=O) groups is 1. The Kier molecular flexibility index (Phi) is 6.94. The van der Waals surface area contributed by atoms with Crippen LogP contribution in [0.1, 0.15) is 42.7 Å². The van der Waals surface area contributed by atoms with Crippen molar-refractivity contribution < 1.29 is 22.7 Å². The molecule has 0 bridgehead atoms. The molecule has 1 amide bonds. The number of nitrogens with zero attached hydrogens (tertiary/aromatic N) is 7. The Morgan fingerprint density at radius 1 is 1.22 bits per heavy atom. The lowest BCUT2D eigenvalue weighted by molar-refractivity contribution is -0.131. The number of aromatic nitrogens is 3. The smallest absolute Gasteiger partial charge is 0.319 e. The van der Waals surface area contributed by atoms with Gasteiger partial charge in [-0.3, -0.25) is 14.7 Å². The molecule has 46 heavy (non-hydrogen) atoms. The SMILES string of the molecule is [C-]#[N+]C[C@H]1CN(c2nc(OC[C@@]34CCCN3C[C@H](F)C4)nc3c(F)c(-c4cccc5c4C4CC4C5)ncc23)CCN1C(=O)C(=C)F. The van der Waals surface area contributed by atoms with Crippen molar-refractivity contribution in [1.82, 2.24) is 24.8 Å². The number of carbonyl (C=O) groups excluding carboxylic acids is 1. The zero-order valence-electron chi connectivity index (χ0n) is 25.4. The average molecular weight is 630 g/mol. The van der Waals surface area contributed by atoms with E-state index in [2.05, 4.69) is 32.4 Å². The summed E-state index contributed by atoms with van der Waals surface area (Å²) in [7, 11) is 0. The molecule has 2 aliphatic carbocycles. The Labute approximate surface area is 264 Å². The lowest BCUT2D eigenvalue weighted by atomic mass is 9.95. The first-order valence-corrected chi connectivity index (χ1v) is 16.0. The van der Waals surface area contributed by atoms with Gasteiger partial charge < -0.3 is 19.4 Å². The van der Waals surface area contributed by atoms with Crippen LogP contribution in [0.2, 0.25) is 0 Å². The number of pyridine rings is 1. The van der Waals surface area contributed by atoms with Crippen LogP contribution >= 0.6 is 0 Å². The fourth-order valence-corrected chi connectivity index (χ4v) is 8.44. The molecule has 3 aromatic rings. The second-order valence-electron chi connectivity index (χ2n) is 13.4. The number of hydrogen-bond acceptors (Lipinski definition) is 7. The van der Waals surface area contributed by atoms with Crippen LogP contribution in [0.4, 0.5) is 19.0 Å². The molecule has 12 heteroatoms. The monoisotopic (exact) mass is 629 g/mol. The molecule has 0 radical (unpaired) electrons. The normalized spacial score (nSPS) is 28.1. The maximum Gasteiger partial charge on any atom is 0.319 e. The van der Waals surface area contributed by atoms with Gasteiger partial charge in [-0.1, -0.05) is 24.8 Å². The van der Waals surface area contributed by atoms with E-state index in [-0.39, 0.29) is 50.0 Å². The van der Waals surface area contributed by atoms with Gasteiger partial charge in [-0.15, -0.1) is 0 Å². The summed E-state index contributed by atoms with van der Waals surface area (Å²) in [5.41, 5.74) is 3.02. The second-order valence-corrected chi connectivity index (χ2v) is 13.4. The van der Waals surface area contributed by atoms with Crippen LogP contribution in [-0.4, -0.2) is 94.3 Å². The summed E-state index contributed by atoms with van der Waals surface area (Å²) in [6, 6.07) is 5.30. The number of piperazine rings is 1. The van der Waals surface area contributed by atoms with Gasteiger partial charge in [-0.2, -0.15) is 9.97 Å². The number of halogens is 3. The summed E-state index contributed by atoms with van der Waals surface area (Å²) in [6.07, 6.45) is 4.87. The van der Waals surface area contributed by atoms with Gasteiger partial charge in [0.2, 0.25) is 6.54 Å². The number of rotatable bonds is 7. The van der Waals surface area contributed by atoms with Crippen LogP contribution in [0.5, 0.6) is 6.01 Å². The van der Waals surface area contributed by atoms with Gasteiger partial charge in [-0.05, 0) is 55.2 Å². The number of alkyl halides is 1. The zero-order chi connectivity index (χ0) is 31.7. The van der Waals surface area contributed by atoms with Crippen LogP contribution in [0.15, 0.2) is 36.8 Å². The van der Waals surface area contributed by atoms with Crippen molar-refractivity contribution in [2.45, 2.75) is 55.8 Å². The van der Waals surface area contributed by atoms with Crippen LogP contribution in [0.25, 0.3) is 27.0 Å². The van der Waals surface area contributed by atoms with Crippen LogP contribution < -0.4 is 9.64 Å². The number of amides is 1. The standard InChI is InChI=1S/C34H34F3N7O2/c1-19(35)32(45)44-10-9-42(17-23(44)14-38-2)31-26-15-39-29(24-6-3-5-20-11-21-12-25(21)27(20)24)28(37)30(26)40-33(41-31)46-18-34-7-4-8-43(34)16-22(36)13-34/h3,5-6,15,21-23,25H,1,4,7-14,16-18H2/t21?,22-,23+,25?,34+/m1/s1. The van der Waals surface area contributed by atoms with Gasteiger partial charge in [0.1, 0.15) is 35.8 Å². The summed E-state index contributed by atoms with van der Waals surface area (Å²) >= 11 is 0. The van der Waals surface area contributed by atoms with E-state index in [0.29, 0.717) is 36.0 Å². The minimum atomic E-state index is -1.09. The molecule has 2 unspecified atom stereocenters. The summed E-state index contributed by atoms with van der Waals surface area (Å²) in [4.78, 5) is 35.3. The van der Waals surface area contributed by atoms with Gasteiger partial charge in [0.15, 0.2) is 11.6 Å². The summed E-state index contributed by atoms with van der Waals surface area (Å²) < 4.78 is 51.3. The Hall–Kier alpha value is -4.24. The molecule has 5 atom stereocenters. The number of benzene rings is 1. The topological polar surface area (TPSA) is 79.1 Å². The van der Waals surface area contributed by atoms with E-state index in [1.807, 2.05) is 17.0 Å². The lowest BCUT2D eigenvalue weighted by Crippen LogP contribution is -2.56. The molecule has 3 aliphatic heterocycles. The highest BCUT2D eigenvalue weighted by Crippen LogP contribution is 2.58. The molecule has 0 spiro atoms. The van der Waals surface area contributed by atoms with Crippen molar-refractivity contribution >= 4 is 22.6 Å². The molecule has 5 aliphatic rings.